The molecule has 0 bridgehead atoms. The predicted molar refractivity (Wildman–Crippen MR) is 136 cm³/mol. The van der Waals surface area contributed by atoms with Crippen molar-refractivity contribution in [2.45, 2.75) is 19.4 Å². The highest BCUT2D eigenvalue weighted by Crippen LogP contribution is 2.32. The molecule has 8 heteroatoms. The number of aliphatic imine (C=N–C) groups is 1. The molecule has 0 aromatic heterocycles. The summed E-state index contributed by atoms with van der Waals surface area (Å²) < 4.78 is 16.9. The maximum atomic E-state index is 5.80. The van der Waals surface area contributed by atoms with Crippen LogP contribution in [0.4, 0.5) is 5.69 Å². The Bertz CT molecular complexity index is 860. The molecule has 2 aromatic carbocycles. The topological polar surface area (TPSA) is 67.4 Å². The minimum absolute atomic E-state index is 0. The summed E-state index contributed by atoms with van der Waals surface area (Å²) in [6.45, 7) is 4.76. The van der Waals surface area contributed by atoms with Crippen LogP contribution in [0.3, 0.4) is 0 Å². The fraction of sp³-hybridized carbons (Fsp3) is 0.435. The second-order valence-electron chi connectivity index (χ2n) is 7.31. The van der Waals surface area contributed by atoms with E-state index in [1.165, 1.54) is 0 Å². The van der Waals surface area contributed by atoms with Crippen molar-refractivity contribution in [1.29, 1.82) is 0 Å². The van der Waals surface area contributed by atoms with E-state index in [0.29, 0.717) is 19.8 Å². The molecule has 0 amide bonds. The van der Waals surface area contributed by atoms with E-state index in [1.54, 1.807) is 7.11 Å². The van der Waals surface area contributed by atoms with E-state index in [0.717, 1.165) is 47.4 Å². The Hall–Kier alpha value is -2.20. The monoisotopic (exact) mass is 540 g/mol. The van der Waals surface area contributed by atoms with E-state index in [4.69, 9.17) is 19.2 Å². The first-order valence-electron chi connectivity index (χ1n) is 10.4. The number of ether oxygens (including phenoxy) is 3. The third-order valence-corrected chi connectivity index (χ3v) is 4.88. The molecule has 2 N–H and O–H groups in total. The van der Waals surface area contributed by atoms with Crippen LogP contribution in [0.1, 0.15) is 24.9 Å². The molecule has 1 atom stereocenters. The molecule has 0 saturated carbocycles. The van der Waals surface area contributed by atoms with Gasteiger partial charge < -0.3 is 29.7 Å². The normalized spacial score (nSPS) is 14.3. The van der Waals surface area contributed by atoms with Crippen molar-refractivity contribution in [3.63, 3.8) is 0 Å². The summed E-state index contributed by atoms with van der Waals surface area (Å²) in [5.41, 5.74) is 2.07. The van der Waals surface area contributed by atoms with E-state index in [2.05, 4.69) is 48.7 Å². The van der Waals surface area contributed by atoms with Gasteiger partial charge in [-0.25, -0.2) is 0 Å². The Morgan fingerprint density at radius 2 is 1.90 bits per heavy atom. The van der Waals surface area contributed by atoms with Gasteiger partial charge in [-0.2, -0.15) is 0 Å². The molecule has 2 aromatic rings. The summed E-state index contributed by atoms with van der Waals surface area (Å²) in [6, 6.07) is 14.1. The van der Waals surface area contributed by atoms with Crippen LogP contribution in [-0.4, -0.2) is 58.4 Å². The second-order valence-corrected chi connectivity index (χ2v) is 7.31. The number of hydrogen-bond acceptors (Lipinski definition) is 5. The van der Waals surface area contributed by atoms with E-state index >= 15 is 0 Å². The van der Waals surface area contributed by atoms with Crippen molar-refractivity contribution in [1.82, 2.24) is 10.2 Å². The summed E-state index contributed by atoms with van der Waals surface area (Å²) in [5, 5.41) is 6.69. The minimum Gasteiger partial charge on any atom is -0.497 e. The van der Waals surface area contributed by atoms with Crippen LogP contribution in [0.2, 0.25) is 0 Å². The van der Waals surface area contributed by atoms with Gasteiger partial charge in [0.25, 0.3) is 0 Å². The smallest absolute Gasteiger partial charge is 0.195 e. The molecule has 1 aliphatic heterocycles. The third-order valence-electron chi connectivity index (χ3n) is 4.88. The molecule has 3 rings (SSSR count). The largest absolute Gasteiger partial charge is 0.497 e. The maximum Gasteiger partial charge on any atom is 0.195 e. The molecule has 0 radical (unpaired) electrons. The van der Waals surface area contributed by atoms with Gasteiger partial charge in [0.05, 0.1) is 32.9 Å². The predicted octanol–water partition coefficient (Wildman–Crippen LogP) is 4.15. The number of fused-ring (bicyclic) bond motifs is 1. The van der Waals surface area contributed by atoms with Gasteiger partial charge in [-0.1, -0.05) is 12.1 Å². The molecule has 0 saturated heterocycles. The second kappa shape index (κ2) is 12.6. The lowest BCUT2D eigenvalue weighted by Crippen LogP contribution is -2.32. The number of nitrogens with one attached hydrogen (secondary N) is 2. The van der Waals surface area contributed by atoms with Gasteiger partial charge in [-0.05, 0) is 50.8 Å². The van der Waals surface area contributed by atoms with Gasteiger partial charge >= 0.3 is 0 Å². The number of halogens is 1. The Kier molecular flexibility index (Phi) is 10.2. The van der Waals surface area contributed by atoms with E-state index in [-0.39, 0.29) is 30.0 Å². The Morgan fingerprint density at radius 1 is 1.13 bits per heavy atom. The average molecular weight is 540 g/mol. The Morgan fingerprint density at radius 3 is 2.61 bits per heavy atom. The third kappa shape index (κ3) is 7.17. The zero-order chi connectivity index (χ0) is 21.3. The molecule has 0 aliphatic carbocycles. The molecule has 1 heterocycles. The number of nitrogens with zero attached hydrogens (tertiary/aromatic N) is 2. The van der Waals surface area contributed by atoms with Crippen molar-refractivity contribution in [2.24, 2.45) is 4.99 Å². The van der Waals surface area contributed by atoms with E-state index in [1.807, 2.05) is 30.3 Å². The summed E-state index contributed by atoms with van der Waals surface area (Å²) in [5.74, 6) is 3.11. The lowest BCUT2D eigenvalue weighted by atomic mass is 10.1. The van der Waals surface area contributed by atoms with Crippen molar-refractivity contribution < 1.29 is 14.2 Å². The SMILES string of the molecule is CCNC(=NCC(c1cccc(OC)c1)N(C)C)Nc1ccc2c(c1)OCCCO2.I. The summed E-state index contributed by atoms with van der Waals surface area (Å²) in [6.07, 6.45) is 0.887. The zero-order valence-electron chi connectivity index (χ0n) is 18.7. The molecule has 0 fully saturated rings. The number of guanidine groups is 1. The van der Waals surface area contributed by atoms with Gasteiger partial charge in [0.15, 0.2) is 17.5 Å². The van der Waals surface area contributed by atoms with Crippen LogP contribution < -0.4 is 24.8 Å². The highest BCUT2D eigenvalue weighted by Gasteiger charge is 2.16. The summed E-state index contributed by atoms with van der Waals surface area (Å²) in [7, 11) is 5.80. The molecule has 0 spiro atoms. The van der Waals surface area contributed by atoms with Crippen molar-refractivity contribution in [3.8, 4) is 17.2 Å². The van der Waals surface area contributed by atoms with Gasteiger partial charge in [-0.15, -0.1) is 24.0 Å². The number of hydrogen-bond donors (Lipinski definition) is 2. The molecule has 7 nitrogen and oxygen atoms in total. The first-order valence-corrected chi connectivity index (χ1v) is 10.4. The molecular weight excluding hydrogens is 507 g/mol. The molecule has 1 aliphatic rings. The van der Waals surface area contributed by atoms with Crippen LogP contribution >= 0.6 is 24.0 Å². The fourth-order valence-corrected chi connectivity index (χ4v) is 3.28. The van der Waals surface area contributed by atoms with Crippen LogP contribution in [-0.2, 0) is 0 Å². The Labute approximate surface area is 202 Å². The van der Waals surface area contributed by atoms with Gasteiger partial charge in [-0.3, -0.25) is 4.99 Å². The molecule has 1 unspecified atom stereocenters. The first-order chi connectivity index (χ1) is 14.6. The highest BCUT2D eigenvalue weighted by atomic mass is 127. The lowest BCUT2D eigenvalue weighted by Gasteiger charge is -2.24. The maximum absolute atomic E-state index is 5.80. The number of anilines is 1. The van der Waals surface area contributed by atoms with Crippen LogP contribution in [0.5, 0.6) is 17.2 Å². The molecule has 170 valence electrons. The van der Waals surface area contributed by atoms with Gasteiger partial charge in [0, 0.05) is 24.7 Å². The quantitative estimate of drug-likeness (QED) is 0.313. The Balaban J connectivity index is 0.00000341. The number of rotatable bonds is 7. The van der Waals surface area contributed by atoms with E-state index in [9.17, 15) is 0 Å². The van der Waals surface area contributed by atoms with Crippen LogP contribution in [0.25, 0.3) is 0 Å². The fourth-order valence-electron chi connectivity index (χ4n) is 3.28. The van der Waals surface area contributed by atoms with Crippen molar-refractivity contribution in [3.05, 3.63) is 48.0 Å². The van der Waals surface area contributed by atoms with Crippen LogP contribution in [0.15, 0.2) is 47.5 Å². The van der Waals surface area contributed by atoms with Crippen LogP contribution in [0, 0.1) is 0 Å². The average Bonchev–Trinajstić information content (AvgIpc) is 2.99. The van der Waals surface area contributed by atoms with E-state index < -0.39 is 0 Å². The van der Waals surface area contributed by atoms with Crippen molar-refractivity contribution in [2.75, 3.05) is 52.8 Å². The highest BCUT2D eigenvalue weighted by molar-refractivity contribution is 14.0. The number of benzene rings is 2. The molecular formula is C23H33IN4O3. The number of methoxy groups -OCH3 is 1. The minimum atomic E-state index is 0. The molecule has 31 heavy (non-hydrogen) atoms. The van der Waals surface area contributed by atoms with Crippen molar-refractivity contribution >= 4 is 35.6 Å². The summed E-state index contributed by atoms with van der Waals surface area (Å²) in [4.78, 5) is 6.99. The standard InChI is InChI=1S/C23H32N4O3.HI/c1-5-24-23(26-18-10-11-21-22(15-18)30-13-7-12-29-21)25-16-20(27(2)3)17-8-6-9-19(14-17)28-4;/h6,8-11,14-15,20H,5,7,12-13,16H2,1-4H3,(H2,24,25,26);1H. The zero-order valence-corrected chi connectivity index (χ0v) is 21.0. The number of likely N-dealkylation sites (N-methyl/N-ethyl adjacent to an activating group) is 1. The first kappa shape index (κ1) is 25.1. The van der Waals surface area contributed by atoms with Gasteiger partial charge in [0.2, 0.25) is 0 Å². The lowest BCUT2D eigenvalue weighted by molar-refractivity contribution is 0.297. The van der Waals surface area contributed by atoms with Gasteiger partial charge in [0.1, 0.15) is 5.75 Å². The summed E-state index contributed by atoms with van der Waals surface area (Å²) >= 11 is 0.